The van der Waals surface area contributed by atoms with Gasteiger partial charge in [0, 0.05) is 23.7 Å². The van der Waals surface area contributed by atoms with E-state index < -0.39 is 11.9 Å². The van der Waals surface area contributed by atoms with E-state index in [2.05, 4.69) is 5.32 Å². The number of benzene rings is 1. The van der Waals surface area contributed by atoms with Crippen molar-refractivity contribution in [3.8, 4) is 0 Å². The molecule has 0 aliphatic carbocycles. The summed E-state index contributed by atoms with van der Waals surface area (Å²) in [5.41, 5.74) is 0.499. The molecule has 2 saturated heterocycles. The third-order valence-corrected chi connectivity index (χ3v) is 4.60. The summed E-state index contributed by atoms with van der Waals surface area (Å²) >= 11 is 11.9. The highest BCUT2D eigenvalue weighted by Gasteiger charge is 2.32. The lowest BCUT2D eigenvalue weighted by atomic mass is 10.1. The molecule has 134 valence electrons. The van der Waals surface area contributed by atoms with E-state index in [1.165, 1.54) is 12.1 Å². The SMILES string of the molecule is Cl.O=C(C1COCCN1)N1CCOC(c2cc(F)c(Cl)cc2Cl)C1. The lowest BCUT2D eigenvalue weighted by Crippen LogP contribution is -2.55. The Balaban J connectivity index is 0.00000208. The average molecular weight is 400 g/mol. The molecule has 0 spiro atoms. The monoisotopic (exact) mass is 398 g/mol. The van der Waals surface area contributed by atoms with Gasteiger partial charge in [0.1, 0.15) is 18.0 Å². The van der Waals surface area contributed by atoms with Crippen LogP contribution in [0.1, 0.15) is 11.7 Å². The van der Waals surface area contributed by atoms with Crippen LogP contribution < -0.4 is 5.32 Å². The molecule has 1 aromatic carbocycles. The zero-order chi connectivity index (χ0) is 16.4. The van der Waals surface area contributed by atoms with Gasteiger partial charge in [-0.15, -0.1) is 12.4 Å². The molecule has 2 heterocycles. The molecule has 2 atom stereocenters. The fourth-order valence-corrected chi connectivity index (χ4v) is 3.27. The number of nitrogens with one attached hydrogen (secondary N) is 1. The highest BCUT2D eigenvalue weighted by atomic mass is 35.5. The number of amides is 1. The number of carbonyl (C=O) groups excluding carboxylic acids is 1. The number of hydrogen-bond acceptors (Lipinski definition) is 4. The first-order valence-corrected chi connectivity index (χ1v) is 8.18. The van der Waals surface area contributed by atoms with E-state index in [1.807, 2.05) is 0 Å². The molecule has 5 nitrogen and oxygen atoms in total. The molecule has 0 aromatic heterocycles. The zero-order valence-electron chi connectivity index (χ0n) is 12.8. The van der Waals surface area contributed by atoms with E-state index in [0.717, 1.165) is 0 Å². The van der Waals surface area contributed by atoms with Crippen LogP contribution in [0.2, 0.25) is 10.0 Å². The van der Waals surface area contributed by atoms with Gasteiger partial charge in [-0.05, 0) is 12.1 Å². The Bertz CT molecular complexity index is 600. The predicted octanol–water partition coefficient (Wildman–Crippen LogP) is 2.44. The van der Waals surface area contributed by atoms with Crippen LogP contribution in [0.15, 0.2) is 12.1 Å². The van der Waals surface area contributed by atoms with Crippen LogP contribution in [-0.2, 0) is 14.3 Å². The van der Waals surface area contributed by atoms with Crippen molar-refractivity contribution >= 4 is 41.5 Å². The minimum Gasteiger partial charge on any atom is -0.378 e. The van der Waals surface area contributed by atoms with Gasteiger partial charge in [-0.3, -0.25) is 4.79 Å². The zero-order valence-corrected chi connectivity index (χ0v) is 15.1. The third-order valence-electron chi connectivity index (χ3n) is 3.98. The lowest BCUT2D eigenvalue weighted by Gasteiger charge is -2.36. The number of halogens is 4. The fraction of sp³-hybridized carbons (Fsp3) is 0.533. The quantitative estimate of drug-likeness (QED) is 0.776. The topological polar surface area (TPSA) is 50.8 Å². The molecule has 2 aliphatic rings. The second kappa shape index (κ2) is 8.65. The molecule has 0 saturated carbocycles. The van der Waals surface area contributed by atoms with Crippen molar-refractivity contribution in [3.63, 3.8) is 0 Å². The Morgan fingerprint density at radius 1 is 1.29 bits per heavy atom. The fourth-order valence-electron chi connectivity index (χ4n) is 2.77. The molecule has 1 amide bonds. The number of hydrogen-bond donors (Lipinski definition) is 1. The van der Waals surface area contributed by atoms with Gasteiger partial charge in [0.25, 0.3) is 0 Å². The molecular weight excluding hydrogens is 382 g/mol. The normalized spacial score (nSPS) is 24.4. The van der Waals surface area contributed by atoms with E-state index in [4.69, 9.17) is 32.7 Å². The molecule has 0 bridgehead atoms. The maximum Gasteiger partial charge on any atom is 0.242 e. The second-order valence-corrected chi connectivity index (χ2v) is 6.33. The van der Waals surface area contributed by atoms with Crippen molar-refractivity contribution in [2.75, 3.05) is 39.5 Å². The number of carbonyl (C=O) groups is 1. The van der Waals surface area contributed by atoms with Crippen LogP contribution in [-0.4, -0.2) is 56.3 Å². The smallest absolute Gasteiger partial charge is 0.242 e. The minimum atomic E-state index is -0.555. The van der Waals surface area contributed by atoms with Gasteiger partial charge >= 0.3 is 0 Å². The Morgan fingerprint density at radius 3 is 2.79 bits per heavy atom. The van der Waals surface area contributed by atoms with Crippen molar-refractivity contribution < 1.29 is 18.7 Å². The van der Waals surface area contributed by atoms with Crippen LogP contribution >= 0.6 is 35.6 Å². The van der Waals surface area contributed by atoms with Crippen molar-refractivity contribution in [1.29, 1.82) is 0 Å². The molecule has 3 rings (SSSR count). The van der Waals surface area contributed by atoms with Gasteiger partial charge in [-0.1, -0.05) is 23.2 Å². The first-order chi connectivity index (χ1) is 11.1. The summed E-state index contributed by atoms with van der Waals surface area (Å²) in [7, 11) is 0. The molecule has 9 heteroatoms. The highest BCUT2D eigenvalue weighted by Crippen LogP contribution is 2.32. The van der Waals surface area contributed by atoms with Gasteiger partial charge in [-0.2, -0.15) is 0 Å². The molecule has 0 radical (unpaired) electrons. The van der Waals surface area contributed by atoms with Crippen molar-refractivity contribution in [1.82, 2.24) is 10.2 Å². The summed E-state index contributed by atoms with van der Waals surface area (Å²) in [5.74, 6) is -0.593. The van der Waals surface area contributed by atoms with E-state index >= 15 is 0 Å². The van der Waals surface area contributed by atoms with Crippen molar-refractivity contribution in [2.24, 2.45) is 0 Å². The molecule has 24 heavy (non-hydrogen) atoms. The van der Waals surface area contributed by atoms with E-state index in [9.17, 15) is 9.18 Å². The first kappa shape index (κ1) is 19.7. The maximum atomic E-state index is 13.7. The molecule has 2 unspecified atom stereocenters. The number of nitrogens with zero attached hydrogens (tertiary/aromatic N) is 1. The minimum absolute atomic E-state index is 0. The summed E-state index contributed by atoms with van der Waals surface area (Å²) in [6, 6.07) is 2.28. The Morgan fingerprint density at radius 2 is 2.08 bits per heavy atom. The number of rotatable bonds is 2. The molecule has 1 N–H and O–H groups in total. The van der Waals surface area contributed by atoms with E-state index in [0.29, 0.717) is 50.0 Å². The average Bonchev–Trinajstić information content (AvgIpc) is 2.58. The highest BCUT2D eigenvalue weighted by molar-refractivity contribution is 6.35. The summed E-state index contributed by atoms with van der Waals surface area (Å²) in [5, 5.41) is 3.43. The van der Waals surface area contributed by atoms with Crippen molar-refractivity contribution in [3.05, 3.63) is 33.6 Å². The molecule has 1 aromatic rings. The van der Waals surface area contributed by atoms with Crippen LogP contribution in [0.25, 0.3) is 0 Å². The molecule has 2 fully saturated rings. The van der Waals surface area contributed by atoms with Crippen LogP contribution in [0, 0.1) is 5.82 Å². The Kier molecular flexibility index (Phi) is 7.10. The summed E-state index contributed by atoms with van der Waals surface area (Å²) in [6.45, 7) is 2.79. The molecular formula is C15H18Cl3FN2O3. The van der Waals surface area contributed by atoms with Crippen molar-refractivity contribution in [2.45, 2.75) is 12.1 Å². The first-order valence-electron chi connectivity index (χ1n) is 7.42. The van der Waals surface area contributed by atoms with Gasteiger partial charge < -0.3 is 19.7 Å². The maximum absolute atomic E-state index is 13.7. The summed E-state index contributed by atoms with van der Waals surface area (Å²) in [4.78, 5) is 14.2. The van der Waals surface area contributed by atoms with Gasteiger partial charge in [0.05, 0.1) is 31.4 Å². The Labute approximate surface area is 155 Å². The van der Waals surface area contributed by atoms with Crippen LogP contribution in [0.3, 0.4) is 0 Å². The second-order valence-electron chi connectivity index (χ2n) is 5.51. The summed E-state index contributed by atoms with van der Waals surface area (Å²) in [6.07, 6.45) is -0.475. The standard InChI is InChI=1S/C15H17Cl2FN2O3.ClH/c16-10-6-11(17)12(18)5-9(10)14-7-20(2-4-23-14)15(21)13-8-22-3-1-19-13;/h5-6,13-14,19H,1-4,7-8H2;1H. The van der Waals surface area contributed by atoms with Gasteiger partial charge in [0.15, 0.2) is 0 Å². The van der Waals surface area contributed by atoms with Gasteiger partial charge in [-0.25, -0.2) is 4.39 Å². The predicted molar refractivity (Wildman–Crippen MR) is 91.6 cm³/mol. The van der Waals surface area contributed by atoms with Gasteiger partial charge in [0.2, 0.25) is 5.91 Å². The van der Waals surface area contributed by atoms with Crippen LogP contribution in [0.5, 0.6) is 0 Å². The lowest BCUT2D eigenvalue weighted by molar-refractivity contribution is -0.144. The third kappa shape index (κ3) is 4.31. The number of morpholine rings is 2. The molecule has 2 aliphatic heterocycles. The Hall–Kier alpha value is -0.630. The van der Waals surface area contributed by atoms with E-state index in [1.54, 1.807) is 4.90 Å². The van der Waals surface area contributed by atoms with Crippen LogP contribution in [0.4, 0.5) is 4.39 Å². The summed E-state index contributed by atoms with van der Waals surface area (Å²) < 4.78 is 24.7. The number of ether oxygens (including phenoxy) is 2. The van der Waals surface area contributed by atoms with E-state index in [-0.39, 0.29) is 29.4 Å². The largest absolute Gasteiger partial charge is 0.378 e.